The van der Waals surface area contributed by atoms with Crippen LogP contribution >= 0.6 is 0 Å². The molecule has 0 radical (unpaired) electrons. The normalized spacial score (nSPS) is 11.8. The smallest absolute Gasteiger partial charge is 0.238 e. The van der Waals surface area contributed by atoms with E-state index in [9.17, 15) is 0 Å². The summed E-state index contributed by atoms with van der Waals surface area (Å²) in [5.74, 6) is 1.76. The monoisotopic (exact) mass is 805 g/mol. The van der Waals surface area contributed by atoms with Gasteiger partial charge in [-0.1, -0.05) is 140 Å². The van der Waals surface area contributed by atoms with Gasteiger partial charge in [0, 0.05) is 49.1 Å². The number of hydrogen-bond donors (Lipinski definition) is 0. The van der Waals surface area contributed by atoms with Gasteiger partial charge in [0.2, 0.25) is 5.95 Å². The topological polar surface area (TPSA) is 61.7 Å². The Balaban J connectivity index is 0.958. The molecule has 0 aliphatic carbocycles. The Hall–Kier alpha value is -8.61. The fourth-order valence-corrected chi connectivity index (χ4v) is 9.43. The first-order valence-corrected chi connectivity index (χ1v) is 21.2. The molecule has 4 aromatic heterocycles. The Morgan fingerprint density at radius 1 is 0.286 bits per heavy atom. The van der Waals surface area contributed by atoms with Gasteiger partial charge >= 0.3 is 0 Å². The van der Waals surface area contributed by atoms with Crippen molar-refractivity contribution >= 4 is 65.6 Å². The van der Waals surface area contributed by atoms with Crippen LogP contribution in [0, 0.1) is 0 Å². The van der Waals surface area contributed by atoms with E-state index in [0.29, 0.717) is 17.6 Å². The molecule has 6 nitrogen and oxygen atoms in total. The molecule has 0 unspecified atom stereocenters. The molecule has 0 saturated heterocycles. The molecular formula is C57H35N5O. The maximum absolute atomic E-state index is 6.27. The van der Waals surface area contributed by atoms with Crippen molar-refractivity contribution in [1.29, 1.82) is 0 Å². The van der Waals surface area contributed by atoms with Gasteiger partial charge in [-0.2, -0.15) is 9.97 Å². The van der Waals surface area contributed by atoms with Crippen LogP contribution in [0.1, 0.15) is 0 Å². The van der Waals surface area contributed by atoms with Crippen molar-refractivity contribution in [2.24, 2.45) is 0 Å². The molecule has 6 heteroatoms. The van der Waals surface area contributed by atoms with E-state index < -0.39 is 0 Å². The van der Waals surface area contributed by atoms with Gasteiger partial charge < -0.3 is 8.98 Å². The van der Waals surface area contributed by atoms with Gasteiger partial charge in [0.15, 0.2) is 11.6 Å². The Kier molecular flexibility index (Phi) is 7.80. The van der Waals surface area contributed by atoms with Crippen LogP contribution in [0.25, 0.3) is 122 Å². The third-order valence-corrected chi connectivity index (χ3v) is 12.4. The van der Waals surface area contributed by atoms with Crippen molar-refractivity contribution in [3.8, 4) is 56.7 Å². The minimum atomic E-state index is 0.557. The summed E-state index contributed by atoms with van der Waals surface area (Å²) in [5.41, 5.74) is 13.5. The average Bonchev–Trinajstić information content (AvgIpc) is 4.01. The molecule has 13 rings (SSSR count). The quantitative estimate of drug-likeness (QED) is 0.168. The molecule has 9 aromatic carbocycles. The lowest BCUT2D eigenvalue weighted by Crippen LogP contribution is -2.06. The van der Waals surface area contributed by atoms with Crippen LogP contribution in [0.15, 0.2) is 217 Å². The van der Waals surface area contributed by atoms with Gasteiger partial charge in [-0.25, -0.2) is 4.98 Å². The molecule has 0 spiro atoms. The van der Waals surface area contributed by atoms with Crippen LogP contribution in [0.4, 0.5) is 0 Å². The van der Waals surface area contributed by atoms with Crippen molar-refractivity contribution in [3.63, 3.8) is 0 Å². The van der Waals surface area contributed by atoms with E-state index in [-0.39, 0.29) is 0 Å². The SMILES string of the molecule is c1ccc(-c2nc(-c3cccc(-c4ccc5c(c4)oc4ccccc45)c3)nc(-n3c4ccccc4c4cc(-c5ccc6c(c5)c5ccccc5n6-c5ccccc5)ccc43)n2)cc1. The third kappa shape index (κ3) is 5.69. The highest BCUT2D eigenvalue weighted by atomic mass is 16.3. The van der Waals surface area contributed by atoms with E-state index >= 15 is 0 Å². The van der Waals surface area contributed by atoms with Crippen LogP contribution in [0.5, 0.6) is 0 Å². The maximum Gasteiger partial charge on any atom is 0.238 e. The van der Waals surface area contributed by atoms with Crippen molar-refractivity contribution in [1.82, 2.24) is 24.1 Å². The summed E-state index contributed by atoms with van der Waals surface area (Å²) in [7, 11) is 0. The Bertz CT molecular complexity index is 3920. The number of rotatable bonds is 6. The zero-order valence-corrected chi connectivity index (χ0v) is 33.9. The van der Waals surface area contributed by atoms with Crippen LogP contribution in [-0.4, -0.2) is 24.1 Å². The molecule has 63 heavy (non-hydrogen) atoms. The maximum atomic E-state index is 6.27. The molecule has 0 fully saturated rings. The van der Waals surface area contributed by atoms with Crippen LogP contribution in [0.3, 0.4) is 0 Å². The van der Waals surface area contributed by atoms with E-state index in [2.05, 4.69) is 173 Å². The van der Waals surface area contributed by atoms with Gasteiger partial charge in [-0.05, 0) is 95.1 Å². The van der Waals surface area contributed by atoms with E-state index in [0.717, 1.165) is 82.8 Å². The lowest BCUT2D eigenvalue weighted by Gasteiger charge is -2.12. The second-order valence-corrected chi connectivity index (χ2v) is 16.0. The summed E-state index contributed by atoms with van der Waals surface area (Å²) >= 11 is 0. The molecule has 294 valence electrons. The number of hydrogen-bond acceptors (Lipinski definition) is 4. The summed E-state index contributed by atoms with van der Waals surface area (Å²) in [6.45, 7) is 0. The molecular weight excluding hydrogens is 771 g/mol. The van der Waals surface area contributed by atoms with Crippen molar-refractivity contribution in [2.75, 3.05) is 0 Å². The summed E-state index contributed by atoms with van der Waals surface area (Å²) in [5, 5.41) is 6.92. The zero-order chi connectivity index (χ0) is 41.4. The summed E-state index contributed by atoms with van der Waals surface area (Å²) in [4.78, 5) is 15.6. The van der Waals surface area contributed by atoms with Crippen LogP contribution in [0.2, 0.25) is 0 Å². The van der Waals surface area contributed by atoms with Gasteiger partial charge in [-0.15, -0.1) is 0 Å². The number of furan rings is 1. The first-order valence-electron chi connectivity index (χ1n) is 21.2. The molecule has 0 saturated carbocycles. The number of aromatic nitrogens is 5. The highest BCUT2D eigenvalue weighted by molar-refractivity contribution is 6.13. The van der Waals surface area contributed by atoms with Crippen LogP contribution < -0.4 is 0 Å². The molecule has 13 aromatic rings. The molecule has 4 heterocycles. The van der Waals surface area contributed by atoms with Crippen molar-refractivity contribution < 1.29 is 4.42 Å². The second kappa shape index (κ2) is 14.0. The van der Waals surface area contributed by atoms with E-state index in [1.165, 1.54) is 21.8 Å². The van der Waals surface area contributed by atoms with Gasteiger partial charge in [0.1, 0.15) is 11.2 Å². The number of benzene rings is 9. The molecule has 0 aliphatic heterocycles. The lowest BCUT2D eigenvalue weighted by molar-refractivity contribution is 0.669. The Morgan fingerprint density at radius 3 is 1.51 bits per heavy atom. The van der Waals surface area contributed by atoms with Crippen molar-refractivity contribution in [2.45, 2.75) is 0 Å². The largest absolute Gasteiger partial charge is 0.456 e. The fraction of sp³-hybridized carbons (Fsp3) is 0. The minimum absolute atomic E-state index is 0.557. The standard InChI is InChI=1S/C57H35N5O/c1-3-14-36(15-4-1)55-58-56(41-17-13-16-37(32-41)40-26-29-46-45-22-9-12-25-53(45)63-54(46)35-40)60-57(59-55)62-50-24-11-8-21-44(50)48-34-39(28-31-52(48)62)38-27-30-51-47(33-38)43-20-7-10-23-49(43)61(51)42-18-5-2-6-19-42/h1-35H. The Labute approximate surface area is 361 Å². The zero-order valence-electron chi connectivity index (χ0n) is 33.9. The van der Waals surface area contributed by atoms with Gasteiger partial charge in [0.25, 0.3) is 0 Å². The number of fused-ring (bicyclic) bond motifs is 9. The van der Waals surface area contributed by atoms with Crippen LogP contribution in [-0.2, 0) is 0 Å². The first kappa shape index (κ1) is 35.2. The highest BCUT2D eigenvalue weighted by Gasteiger charge is 2.20. The Morgan fingerprint density at radius 2 is 0.778 bits per heavy atom. The first-order chi connectivity index (χ1) is 31.2. The second-order valence-electron chi connectivity index (χ2n) is 16.0. The molecule has 0 bridgehead atoms. The minimum Gasteiger partial charge on any atom is -0.456 e. The predicted octanol–water partition coefficient (Wildman–Crippen LogP) is 14.6. The van der Waals surface area contributed by atoms with Crippen molar-refractivity contribution in [3.05, 3.63) is 212 Å². The highest BCUT2D eigenvalue weighted by Crippen LogP contribution is 2.39. The van der Waals surface area contributed by atoms with Gasteiger partial charge in [-0.3, -0.25) is 4.57 Å². The molecule has 0 atom stereocenters. The fourth-order valence-electron chi connectivity index (χ4n) is 9.43. The van der Waals surface area contributed by atoms with E-state index in [4.69, 9.17) is 19.4 Å². The summed E-state index contributed by atoms with van der Waals surface area (Å²) in [6, 6.07) is 74.6. The lowest BCUT2D eigenvalue weighted by atomic mass is 10.0. The average molecular weight is 806 g/mol. The summed E-state index contributed by atoms with van der Waals surface area (Å²) in [6.07, 6.45) is 0. The molecule has 0 amide bonds. The number of nitrogens with zero attached hydrogens (tertiary/aromatic N) is 5. The predicted molar refractivity (Wildman–Crippen MR) is 258 cm³/mol. The molecule has 0 aliphatic rings. The summed E-state index contributed by atoms with van der Waals surface area (Å²) < 4.78 is 10.8. The number of para-hydroxylation sites is 4. The van der Waals surface area contributed by atoms with E-state index in [1.807, 2.05) is 48.5 Å². The molecule has 0 N–H and O–H groups in total. The van der Waals surface area contributed by atoms with E-state index in [1.54, 1.807) is 0 Å². The van der Waals surface area contributed by atoms with Gasteiger partial charge in [0.05, 0.1) is 22.1 Å². The third-order valence-electron chi connectivity index (χ3n) is 12.4.